The predicted octanol–water partition coefficient (Wildman–Crippen LogP) is 1.36. The van der Waals surface area contributed by atoms with E-state index in [2.05, 4.69) is 4.98 Å². The highest BCUT2D eigenvalue weighted by Gasteiger charge is 2.44. The maximum absolute atomic E-state index is 12.7. The van der Waals surface area contributed by atoms with Crippen molar-refractivity contribution >= 4 is 10.0 Å². The summed E-state index contributed by atoms with van der Waals surface area (Å²) < 4.78 is 27.1. The number of hydrogen-bond acceptors (Lipinski definition) is 4. The van der Waals surface area contributed by atoms with Crippen LogP contribution in [0.3, 0.4) is 0 Å². The van der Waals surface area contributed by atoms with Crippen LogP contribution in [0.2, 0.25) is 0 Å². The Kier molecular flexibility index (Phi) is 4.23. The normalized spacial score (nSPS) is 18.9. The fourth-order valence-electron chi connectivity index (χ4n) is 2.98. The van der Waals surface area contributed by atoms with E-state index >= 15 is 0 Å². The lowest BCUT2D eigenvalue weighted by atomic mass is 9.98. The van der Waals surface area contributed by atoms with Crippen molar-refractivity contribution < 1.29 is 8.42 Å². The summed E-state index contributed by atoms with van der Waals surface area (Å²) in [5, 5.41) is 0. The average Bonchev–Trinajstić information content (AvgIpc) is 2.90. The Morgan fingerprint density at radius 2 is 2.11 bits per heavy atom. The molecule has 0 aromatic carbocycles. The smallest absolute Gasteiger partial charge is 0.245 e. The van der Waals surface area contributed by atoms with Gasteiger partial charge in [-0.25, -0.2) is 8.42 Å². The maximum atomic E-state index is 12.7. The summed E-state index contributed by atoms with van der Waals surface area (Å²) in [5.74, 6) is 0. The zero-order chi connectivity index (χ0) is 13.9. The van der Waals surface area contributed by atoms with Crippen LogP contribution in [-0.2, 0) is 10.0 Å². The summed E-state index contributed by atoms with van der Waals surface area (Å²) in [6.45, 7) is 2.68. The number of hydrogen-bond donors (Lipinski definition) is 1. The van der Waals surface area contributed by atoms with Crippen LogP contribution in [0.5, 0.6) is 0 Å². The molecule has 1 aliphatic carbocycles. The number of likely N-dealkylation sites (N-methyl/N-ethyl adjacent to an activating group) is 1. The van der Waals surface area contributed by atoms with Gasteiger partial charge in [0, 0.05) is 31.0 Å². The van der Waals surface area contributed by atoms with Crippen LogP contribution in [-0.4, -0.2) is 36.3 Å². The van der Waals surface area contributed by atoms with E-state index < -0.39 is 15.6 Å². The van der Waals surface area contributed by atoms with Gasteiger partial charge in [0.2, 0.25) is 10.0 Å². The first-order chi connectivity index (χ1) is 9.07. The van der Waals surface area contributed by atoms with E-state index in [-0.39, 0.29) is 4.90 Å². The van der Waals surface area contributed by atoms with Crippen molar-refractivity contribution in [3.8, 4) is 0 Å². The molecule has 2 rings (SSSR count). The van der Waals surface area contributed by atoms with Gasteiger partial charge in [-0.3, -0.25) is 4.98 Å². The van der Waals surface area contributed by atoms with Gasteiger partial charge in [-0.2, -0.15) is 4.31 Å². The Morgan fingerprint density at radius 1 is 1.42 bits per heavy atom. The number of nitrogens with two attached hydrogens (primary N) is 1. The molecular formula is C13H21N3O2S. The van der Waals surface area contributed by atoms with E-state index in [1.54, 1.807) is 22.6 Å². The van der Waals surface area contributed by atoms with Crippen molar-refractivity contribution in [2.75, 3.05) is 13.1 Å². The van der Waals surface area contributed by atoms with Crippen molar-refractivity contribution in [1.82, 2.24) is 9.29 Å². The highest BCUT2D eigenvalue weighted by molar-refractivity contribution is 7.89. The lowest BCUT2D eigenvalue weighted by Crippen LogP contribution is -2.54. The third kappa shape index (κ3) is 2.52. The molecule has 0 amide bonds. The number of pyridine rings is 1. The van der Waals surface area contributed by atoms with E-state index in [1.807, 2.05) is 6.92 Å². The lowest BCUT2D eigenvalue weighted by Gasteiger charge is -2.38. The predicted molar refractivity (Wildman–Crippen MR) is 74.1 cm³/mol. The molecule has 19 heavy (non-hydrogen) atoms. The topological polar surface area (TPSA) is 76.3 Å². The number of rotatable bonds is 5. The van der Waals surface area contributed by atoms with Crippen LogP contribution in [0.15, 0.2) is 29.4 Å². The van der Waals surface area contributed by atoms with Gasteiger partial charge in [-0.15, -0.1) is 0 Å². The second-order valence-corrected chi connectivity index (χ2v) is 6.86. The van der Waals surface area contributed by atoms with Crippen molar-refractivity contribution in [3.63, 3.8) is 0 Å². The van der Waals surface area contributed by atoms with Crippen molar-refractivity contribution in [2.45, 2.75) is 43.0 Å². The average molecular weight is 283 g/mol. The minimum atomic E-state index is -3.51. The summed E-state index contributed by atoms with van der Waals surface area (Å²) >= 11 is 0. The Balaban J connectivity index is 2.42. The largest absolute Gasteiger partial charge is 0.329 e. The molecule has 1 heterocycles. The van der Waals surface area contributed by atoms with Gasteiger partial charge < -0.3 is 5.73 Å². The SMILES string of the molecule is CCN(C1(CN)CCCC1)S(=O)(=O)c1cccnc1. The zero-order valence-corrected chi connectivity index (χ0v) is 12.1. The fraction of sp³-hybridized carbons (Fsp3) is 0.615. The highest BCUT2D eigenvalue weighted by atomic mass is 32.2. The molecule has 1 aliphatic rings. The van der Waals surface area contributed by atoms with Gasteiger partial charge in [0.25, 0.3) is 0 Å². The van der Waals surface area contributed by atoms with Crippen LogP contribution in [0.1, 0.15) is 32.6 Å². The van der Waals surface area contributed by atoms with E-state index in [1.165, 1.54) is 6.20 Å². The molecule has 0 atom stereocenters. The third-order valence-corrected chi connectivity index (χ3v) is 6.02. The molecule has 0 unspecified atom stereocenters. The molecule has 6 heteroatoms. The molecule has 0 bridgehead atoms. The molecule has 1 fully saturated rings. The quantitative estimate of drug-likeness (QED) is 0.885. The molecule has 2 N–H and O–H groups in total. The molecule has 0 saturated heterocycles. The number of aromatic nitrogens is 1. The van der Waals surface area contributed by atoms with Crippen LogP contribution in [0.25, 0.3) is 0 Å². The van der Waals surface area contributed by atoms with E-state index in [0.29, 0.717) is 13.1 Å². The molecular weight excluding hydrogens is 262 g/mol. The molecule has 1 aromatic rings. The minimum absolute atomic E-state index is 0.247. The van der Waals surface area contributed by atoms with Gasteiger partial charge in [-0.05, 0) is 25.0 Å². The number of sulfonamides is 1. The summed E-state index contributed by atoms with van der Waals surface area (Å²) in [6.07, 6.45) is 6.74. The first-order valence-electron chi connectivity index (χ1n) is 6.70. The Bertz CT molecular complexity index is 510. The third-order valence-electron chi connectivity index (χ3n) is 3.95. The molecule has 0 spiro atoms. The summed E-state index contributed by atoms with van der Waals surface area (Å²) in [4.78, 5) is 4.15. The molecule has 0 radical (unpaired) electrons. The molecule has 1 aromatic heterocycles. The second-order valence-electron chi connectivity index (χ2n) is 4.99. The van der Waals surface area contributed by atoms with Crippen LogP contribution < -0.4 is 5.73 Å². The fourth-order valence-corrected chi connectivity index (χ4v) is 4.78. The van der Waals surface area contributed by atoms with E-state index in [0.717, 1.165) is 25.7 Å². The summed E-state index contributed by atoms with van der Waals surface area (Å²) in [6, 6.07) is 3.23. The lowest BCUT2D eigenvalue weighted by molar-refractivity contribution is 0.205. The zero-order valence-electron chi connectivity index (χ0n) is 11.2. The standard InChI is InChI=1S/C13H21N3O2S/c1-2-16(13(11-14)7-3-4-8-13)19(17,18)12-6-5-9-15-10-12/h5-6,9-10H,2-4,7-8,11,14H2,1H3. The van der Waals surface area contributed by atoms with Crippen LogP contribution >= 0.6 is 0 Å². The number of nitrogens with zero attached hydrogens (tertiary/aromatic N) is 2. The van der Waals surface area contributed by atoms with Gasteiger partial charge in [0.15, 0.2) is 0 Å². The summed E-state index contributed by atoms with van der Waals surface area (Å²) in [5.41, 5.74) is 5.49. The molecule has 106 valence electrons. The van der Waals surface area contributed by atoms with Crippen LogP contribution in [0, 0.1) is 0 Å². The Labute approximate surface area is 114 Å². The van der Waals surface area contributed by atoms with Crippen molar-refractivity contribution in [1.29, 1.82) is 0 Å². The first kappa shape index (κ1) is 14.4. The monoisotopic (exact) mass is 283 g/mol. The van der Waals surface area contributed by atoms with Gasteiger partial charge in [0.1, 0.15) is 4.90 Å². The van der Waals surface area contributed by atoms with Gasteiger partial charge in [0.05, 0.1) is 0 Å². The van der Waals surface area contributed by atoms with Crippen molar-refractivity contribution in [2.24, 2.45) is 5.73 Å². The Morgan fingerprint density at radius 3 is 2.58 bits per heavy atom. The molecule has 5 nitrogen and oxygen atoms in total. The minimum Gasteiger partial charge on any atom is -0.329 e. The Hall–Kier alpha value is -0.980. The van der Waals surface area contributed by atoms with E-state index in [9.17, 15) is 8.42 Å². The molecule has 0 aliphatic heterocycles. The summed E-state index contributed by atoms with van der Waals surface area (Å²) in [7, 11) is -3.51. The van der Waals surface area contributed by atoms with E-state index in [4.69, 9.17) is 5.73 Å². The van der Waals surface area contributed by atoms with Gasteiger partial charge in [-0.1, -0.05) is 19.8 Å². The highest BCUT2D eigenvalue weighted by Crippen LogP contribution is 2.37. The van der Waals surface area contributed by atoms with Gasteiger partial charge >= 0.3 is 0 Å². The van der Waals surface area contributed by atoms with Crippen LogP contribution in [0.4, 0.5) is 0 Å². The maximum Gasteiger partial charge on any atom is 0.245 e. The molecule has 1 saturated carbocycles. The second kappa shape index (κ2) is 5.56. The van der Waals surface area contributed by atoms with Crippen molar-refractivity contribution in [3.05, 3.63) is 24.5 Å². The first-order valence-corrected chi connectivity index (χ1v) is 8.14.